The van der Waals surface area contributed by atoms with E-state index in [4.69, 9.17) is 4.74 Å². The number of hydrogen-bond acceptors (Lipinski definition) is 6. The highest BCUT2D eigenvalue weighted by molar-refractivity contribution is 7.90. The van der Waals surface area contributed by atoms with Crippen LogP contribution in [0.3, 0.4) is 0 Å². The summed E-state index contributed by atoms with van der Waals surface area (Å²) >= 11 is 0. The molecule has 8 nitrogen and oxygen atoms in total. The molecule has 2 rings (SSSR count). The fourth-order valence-corrected chi connectivity index (χ4v) is 2.15. The number of carbonyl (C=O) groups excluding carboxylic acids is 1. The highest BCUT2D eigenvalue weighted by atomic mass is 32.2. The number of rotatable bonds is 6. The summed E-state index contributed by atoms with van der Waals surface area (Å²) in [4.78, 5) is 11.7. The zero-order valence-corrected chi connectivity index (χ0v) is 12.1. The lowest BCUT2D eigenvalue weighted by molar-refractivity contribution is 0.0942. The summed E-state index contributed by atoms with van der Waals surface area (Å²) in [5.74, 6) is 0.179. The van der Waals surface area contributed by atoms with E-state index in [-0.39, 0.29) is 23.1 Å². The van der Waals surface area contributed by atoms with E-state index in [2.05, 4.69) is 20.7 Å². The van der Waals surface area contributed by atoms with Gasteiger partial charge in [-0.25, -0.2) is 8.42 Å². The summed E-state index contributed by atoms with van der Waals surface area (Å²) in [6.07, 6.45) is 2.46. The van der Waals surface area contributed by atoms with Crippen molar-refractivity contribution in [2.24, 2.45) is 0 Å². The van der Waals surface area contributed by atoms with Crippen molar-refractivity contribution in [2.75, 3.05) is 19.4 Å². The summed E-state index contributed by atoms with van der Waals surface area (Å²) in [7, 11) is -3.21. The number of nitrogens with zero attached hydrogens (tertiary/aromatic N) is 2. The van der Waals surface area contributed by atoms with Gasteiger partial charge in [0.1, 0.15) is 12.4 Å². The monoisotopic (exact) mass is 310 g/mol. The Morgan fingerprint density at radius 2 is 2.05 bits per heavy atom. The van der Waals surface area contributed by atoms with Crippen molar-refractivity contribution in [1.82, 2.24) is 20.7 Å². The van der Waals surface area contributed by atoms with Crippen molar-refractivity contribution >= 4 is 15.7 Å². The number of aromatic nitrogens is 3. The zero-order valence-electron chi connectivity index (χ0n) is 11.2. The number of sulfone groups is 1. The molecule has 0 bridgehead atoms. The Bertz CT molecular complexity index is 695. The van der Waals surface area contributed by atoms with Crippen LogP contribution in [0.2, 0.25) is 0 Å². The molecule has 0 radical (unpaired) electrons. The molecule has 0 saturated heterocycles. The van der Waals surface area contributed by atoms with Gasteiger partial charge in [0.25, 0.3) is 5.91 Å². The first-order chi connectivity index (χ1) is 9.97. The molecule has 0 aliphatic heterocycles. The summed E-state index contributed by atoms with van der Waals surface area (Å²) in [6.45, 7) is 0.543. The molecule has 1 aromatic carbocycles. The minimum Gasteiger partial charge on any atom is -0.492 e. The summed E-state index contributed by atoms with van der Waals surface area (Å²) in [5.41, 5.74) is 0.201. The normalized spacial score (nSPS) is 11.1. The van der Waals surface area contributed by atoms with E-state index in [0.717, 1.165) is 6.26 Å². The summed E-state index contributed by atoms with van der Waals surface area (Å²) in [6, 6.07) is 6.07. The largest absolute Gasteiger partial charge is 0.492 e. The first-order valence-corrected chi connectivity index (χ1v) is 7.93. The molecular weight excluding hydrogens is 296 g/mol. The van der Waals surface area contributed by atoms with Crippen LogP contribution in [0.1, 0.15) is 10.5 Å². The van der Waals surface area contributed by atoms with Gasteiger partial charge >= 0.3 is 0 Å². The third kappa shape index (κ3) is 4.28. The number of aromatic amines is 1. The smallest absolute Gasteiger partial charge is 0.273 e. The Balaban J connectivity index is 1.78. The van der Waals surface area contributed by atoms with Gasteiger partial charge in [-0.05, 0) is 24.3 Å². The molecule has 112 valence electrons. The Morgan fingerprint density at radius 3 is 2.62 bits per heavy atom. The van der Waals surface area contributed by atoms with E-state index in [0.29, 0.717) is 12.3 Å². The highest BCUT2D eigenvalue weighted by Gasteiger charge is 2.08. The second kappa shape index (κ2) is 6.35. The highest BCUT2D eigenvalue weighted by Crippen LogP contribution is 2.15. The third-order valence-corrected chi connectivity index (χ3v) is 3.68. The first-order valence-electron chi connectivity index (χ1n) is 6.04. The Morgan fingerprint density at radius 1 is 1.33 bits per heavy atom. The molecule has 0 saturated carbocycles. The molecule has 2 aromatic rings. The number of benzene rings is 1. The molecule has 0 atom stereocenters. The van der Waals surface area contributed by atoms with E-state index >= 15 is 0 Å². The van der Waals surface area contributed by atoms with Crippen LogP contribution in [0.15, 0.2) is 35.4 Å². The van der Waals surface area contributed by atoms with Crippen LogP contribution in [0.25, 0.3) is 0 Å². The van der Waals surface area contributed by atoms with E-state index in [1.54, 1.807) is 12.1 Å². The molecule has 0 aliphatic carbocycles. The Kier molecular flexibility index (Phi) is 4.53. The van der Waals surface area contributed by atoms with Gasteiger partial charge in [-0.15, -0.1) is 0 Å². The number of H-pyrrole nitrogens is 1. The molecule has 2 N–H and O–H groups in total. The van der Waals surface area contributed by atoms with E-state index in [1.807, 2.05) is 0 Å². The molecule has 1 aromatic heterocycles. The van der Waals surface area contributed by atoms with Gasteiger partial charge in [0.2, 0.25) is 0 Å². The Hall–Kier alpha value is -2.42. The van der Waals surface area contributed by atoms with Gasteiger partial charge in [-0.1, -0.05) is 0 Å². The Labute approximate surface area is 121 Å². The lowest BCUT2D eigenvalue weighted by Crippen LogP contribution is -2.28. The predicted molar refractivity (Wildman–Crippen MR) is 73.8 cm³/mol. The molecule has 1 heterocycles. The fraction of sp³-hybridized carbons (Fsp3) is 0.250. The van der Waals surface area contributed by atoms with Crippen molar-refractivity contribution in [3.05, 3.63) is 36.2 Å². The van der Waals surface area contributed by atoms with Gasteiger partial charge in [-0.2, -0.15) is 15.4 Å². The van der Waals surface area contributed by atoms with E-state index < -0.39 is 9.84 Å². The average Bonchev–Trinajstić information content (AvgIpc) is 2.97. The van der Waals surface area contributed by atoms with Crippen LogP contribution in [0.5, 0.6) is 5.75 Å². The van der Waals surface area contributed by atoms with Gasteiger partial charge in [0.15, 0.2) is 15.5 Å². The maximum absolute atomic E-state index is 11.5. The number of carbonyl (C=O) groups is 1. The van der Waals surface area contributed by atoms with Crippen LogP contribution < -0.4 is 10.1 Å². The number of ether oxygens (including phenoxy) is 1. The second-order valence-electron chi connectivity index (χ2n) is 4.20. The molecule has 21 heavy (non-hydrogen) atoms. The molecule has 0 aliphatic rings. The lowest BCUT2D eigenvalue weighted by atomic mass is 10.3. The fourth-order valence-electron chi connectivity index (χ4n) is 1.52. The minimum absolute atomic E-state index is 0.201. The molecular formula is C12H14N4O4S. The van der Waals surface area contributed by atoms with E-state index in [1.165, 1.54) is 18.3 Å². The third-order valence-electron chi connectivity index (χ3n) is 2.56. The summed E-state index contributed by atoms with van der Waals surface area (Å²) in [5, 5.41) is 12.1. The van der Waals surface area contributed by atoms with Crippen LogP contribution in [-0.2, 0) is 9.84 Å². The van der Waals surface area contributed by atoms with Crippen molar-refractivity contribution in [3.63, 3.8) is 0 Å². The van der Waals surface area contributed by atoms with Gasteiger partial charge < -0.3 is 10.1 Å². The van der Waals surface area contributed by atoms with Gasteiger partial charge in [0, 0.05) is 6.26 Å². The van der Waals surface area contributed by atoms with Gasteiger partial charge in [-0.3, -0.25) is 4.79 Å². The maximum Gasteiger partial charge on any atom is 0.273 e. The maximum atomic E-state index is 11.5. The quantitative estimate of drug-likeness (QED) is 0.727. The SMILES string of the molecule is CS(=O)(=O)c1ccc(OCCNC(=O)c2cn[nH]n2)cc1. The molecule has 0 spiro atoms. The van der Waals surface area contributed by atoms with Crippen LogP contribution in [-0.4, -0.2) is 49.1 Å². The number of nitrogens with one attached hydrogen (secondary N) is 2. The van der Waals surface area contributed by atoms with Gasteiger partial charge in [0.05, 0.1) is 17.6 Å². The van der Waals surface area contributed by atoms with Crippen molar-refractivity contribution in [1.29, 1.82) is 0 Å². The number of amides is 1. The minimum atomic E-state index is -3.21. The van der Waals surface area contributed by atoms with Crippen LogP contribution in [0.4, 0.5) is 0 Å². The zero-order chi connectivity index (χ0) is 15.3. The van der Waals surface area contributed by atoms with Crippen LogP contribution in [0, 0.1) is 0 Å². The standard InChI is InChI=1S/C12H14N4O4S/c1-21(18,19)10-4-2-9(3-5-10)20-7-6-13-12(17)11-8-14-16-15-11/h2-5,8H,6-7H2,1H3,(H,13,17)(H,14,15,16). The van der Waals surface area contributed by atoms with E-state index in [9.17, 15) is 13.2 Å². The lowest BCUT2D eigenvalue weighted by Gasteiger charge is -2.07. The first kappa shape index (κ1) is 15.0. The van der Waals surface area contributed by atoms with Crippen molar-refractivity contribution in [2.45, 2.75) is 4.90 Å². The van der Waals surface area contributed by atoms with Crippen molar-refractivity contribution < 1.29 is 17.9 Å². The molecule has 0 fully saturated rings. The average molecular weight is 310 g/mol. The summed E-state index contributed by atoms with van der Waals surface area (Å²) < 4.78 is 28.0. The number of hydrogen-bond donors (Lipinski definition) is 2. The molecule has 9 heteroatoms. The van der Waals surface area contributed by atoms with Crippen molar-refractivity contribution in [3.8, 4) is 5.75 Å². The molecule has 0 unspecified atom stereocenters. The van der Waals surface area contributed by atoms with Crippen LogP contribution >= 0.6 is 0 Å². The topological polar surface area (TPSA) is 114 Å². The predicted octanol–water partition coefficient (Wildman–Crippen LogP) is 0.0170. The molecule has 1 amide bonds. The second-order valence-corrected chi connectivity index (χ2v) is 6.22.